The van der Waals surface area contributed by atoms with Gasteiger partial charge in [0.25, 0.3) is 0 Å². The van der Waals surface area contributed by atoms with Crippen molar-refractivity contribution in [2.45, 2.75) is 26.1 Å². The maximum absolute atomic E-state index is 13.3. The van der Waals surface area contributed by atoms with E-state index in [0.29, 0.717) is 4.47 Å². The fourth-order valence-corrected chi connectivity index (χ4v) is 1.46. The highest BCUT2D eigenvalue weighted by atomic mass is 79.9. The van der Waals surface area contributed by atoms with Crippen LogP contribution in [0.2, 0.25) is 0 Å². The zero-order valence-electron chi connectivity index (χ0n) is 9.82. The summed E-state index contributed by atoms with van der Waals surface area (Å²) in [6.07, 6.45) is -0.713. The van der Waals surface area contributed by atoms with E-state index in [4.69, 9.17) is 9.47 Å². The van der Waals surface area contributed by atoms with Gasteiger partial charge >= 0.3 is 0 Å². The van der Waals surface area contributed by atoms with E-state index >= 15 is 0 Å². The molecule has 0 saturated heterocycles. The zero-order valence-corrected chi connectivity index (χ0v) is 11.4. The van der Waals surface area contributed by atoms with Gasteiger partial charge in [-0.2, -0.15) is 0 Å². The second-order valence-corrected chi connectivity index (χ2v) is 4.84. The lowest BCUT2D eigenvalue weighted by Gasteiger charge is -2.14. The van der Waals surface area contributed by atoms with Crippen molar-refractivity contribution in [3.05, 3.63) is 28.5 Å². The van der Waals surface area contributed by atoms with Crippen LogP contribution in [0.15, 0.2) is 22.7 Å². The minimum absolute atomic E-state index is 0.00523. The highest BCUT2D eigenvalue weighted by Crippen LogP contribution is 2.21. The van der Waals surface area contributed by atoms with E-state index in [1.54, 1.807) is 6.07 Å². The molecule has 0 heterocycles. The molecule has 1 rings (SSSR count). The molecular weight excluding hydrogens is 291 g/mol. The Kier molecular flexibility index (Phi) is 5.88. The van der Waals surface area contributed by atoms with Gasteiger partial charge in [0, 0.05) is 4.47 Å². The molecule has 1 N–H and O–H groups in total. The van der Waals surface area contributed by atoms with Gasteiger partial charge in [-0.05, 0) is 32.0 Å². The number of aliphatic hydroxyl groups excluding tert-OH is 1. The fourth-order valence-electron chi connectivity index (χ4n) is 1.13. The standard InChI is InChI=1S/C12H16BrFO3/c1-8(2)16-6-10(15)7-17-12-4-3-9(13)5-11(12)14/h3-5,8,10,15H,6-7H2,1-2H3. The van der Waals surface area contributed by atoms with Crippen molar-refractivity contribution in [2.75, 3.05) is 13.2 Å². The molecule has 0 aliphatic carbocycles. The summed E-state index contributed by atoms with van der Waals surface area (Å²) in [5.41, 5.74) is 0. The number of rotatable bonds is 6. The molecule has 0 spiro atoms. The highest BCUT2D eigenvalue weighted by molar-refractivity contribution is 9.10. The predicted octanol–water partition coefficient (Wildman–Crippen LogP) is 2.75. The quantitative estimate of drug-likeness (QED) is 0.878. The van der Waals surface area contributed by atoms with Crippen LogP contribution < -0.4 is 4.74 Å². The van der Waals surface area contributed by atoms with E-state index in [2.05, 4.69) is 15.9 Å². The second kappa shape index (κ2) is 6.93. The number of ether oxygens (including phenoxy) is 2. The Morgan fingerprint density at radius 1 is 1.35 bits per heavy atom. The molecule has 17 heavy (non-hydrogen) atoms. The van der Waals surface area contributed by atoms with Crippen molar-refractivity contribution in [3.8, 4) is 5.75 Å². The average molecular weight is 307 g/mol. The van der Waals surface area contributed by atoms with Crippen LogP contribution in [0.4, 0.5) is 4.39 Å². The summed E-state index contributed by atoms with van der Waals surface area (Å²) >= 11 is 3.15. The van der Waals surface area contributed by atoms with Crippen LogP contribution in [0.1, 0.15) is 13.8 Å². The Bertz CT molecular complexity index is 358. The predicted molar refractivity (Wildman–Crippen MR) is 66.7 cm³/mol. The van der Waals surface area contributed by atoms with E-state index in [-0.39, 0.29) is 25.1 Å². The summed E-state index contributed by atoms with van der Waals surface area (Å²) in [6.45, 7) is 3.94. The van der Waals surface area contributed by atoms with Gasteiger partial charge in [0.1, 0.15) is 12.7 Å². The third-order valence-corrected chi connectivity index (χ3v) is 2.44. The SMILES string of the molecule is CC(C)OCC(O)COc1ccc(Br)cc1F. The third-order valence-electron chi connectivity index (χ3n) is 1.95. The van der Waals surface area contributed by atoms with E-state index < -0.39 is 11.9 Å². The number of hydrogen-bond acceptors (Lipinski definition) is 3. The Labute approximate surface area is 109 Å². The summed E-state index contributed by atoms with van der Waals surface area (Å²) in [7, 11) is 0. The van der Waals surface area contributed by atoms with E-state index in [0.717, 1.165) is 0 Å². The minimum atomic E-state index is -0.763. The minimum Gasteiger partial charge on any atom is -0.488 e. The Balaban J connectivity index is 2.39. The van der Waals surface area contributed by atoms with Crippen LogP contribution in [0.3, 0.4) is 0 Å². The molecule has 5 heteroatoms. The Hall–Kier alpha value is -0.650. The van der Waals surface area contributed by atoms with Crippen molar-refractivity contribution in [3.63, 3.8) is 0 Å². The molecule has 0 radical (unpaired) electrons. The molecule has 3 nitrogen and oxygen atoms in total. The summed E-state index contributed by atoms with van der Waals surface area (Å²) in [6, 6.07) is 4.50. The molecule has 0 amide bonds. The molecule has 0 saturated carbocycles. The number of aliphatic hydroxyl groups is 1. The number of hydrogen-bond donors (Lipinski definition) is 1. The summed E-state index contributed by atoms with van der Waals surface area (Å²) in [5.74, 6) is -0.340. The normalized spacial score (nSPS) is 12.8. The van der Waals surface area contributed by atoms with E-state index in [9.17, 15) is 9.50 Å². The molecular formula is C12H16BrFO3. The van der Waals surface area contributed by atoms with E-state index in [1.807, 2.05) is 13.8 Å². The molecule has 0 aliphatic rings. The Morgan fingerprint density at radius 2 is 2.06 bits per heavy atom. The summed E-state index contributed by atoms with van der Waals surface area (Å²) in [4.78, 5) is 0. The van der Waals surface area contributed by atoms with Crippen LogP contribution in [0.25, 0.3) is 0 Å². The lowest BCUT2D eigenvalue weighted by atomic mass is 10.3. The third kappa shape index (κ3) is 5.48. The van der Waals surface area contributed by atoms with Gasteiger partial charge in [0.2, 0.25) is 0 Å². The van der Waals surface area contributed by atoms with E-state index in [1.165, 1.54) is 12.1 Å². The number of benzene rings is 1. The van der Waals surface area contributed by atoms with Gasteiger partial charge < -0.3 is 14.6 Å². The van der Waals surface area contributed by atoms with Crippen molar-refractivity contribution >= 4 is 15.9 Å². The van der Waals surface area contributed by atoms with Crippen LogP contribution in [-0.4, -0.2) is 30.5 Å². The first kappa shape index (κ1) is 14.4. The maximum atomic E-state index is 13.3. The topological polar surface area (TPSA) is 38.7 Å². The largest absolute Gasteiger partial charge is 0.488 e. The van der Waals surface area contributed by atoms with Crippen LogP contribution in [0.5, 0.6) is 5.75 Å². The van der Waals surface area contributed by atoms with Gasteiger partial charge in [-0.3, -0.25) is 0 Å². The van der Waals surface area contributed by atoms with Crippen LogP contribution in [-0.2, 0) is 4.74 Å². The van der Waals surface area contributed by atoms with Crippen molar-refractivity contribution in [2.24, 2.45) is 0 Å². The lowest BCUT2D eigenvalue weighted by Crippen LogP contribution is -2.25. The molecule has 0 aliphatic heterocycles. The fraction of sp³-hybridized carbons (Fsp3) is 0.500. The molecule has 1 atom stereocenters. The van der Waals surface area contributed by atoms with Crippen LogP contribution in [0, 0.1) is 5.82 Å². The molecule has 0 bridgehead atoms. The molecule has 1 aromatic rings. The number of halogens is 2. The highest BCUT2D eigenvalue weighted by Gasteiger charge is 2.09. The van der Waals surface area contributed by atoms with Gasteiger partial charge in [0.15, 0.2) is 11.6 Å². The molecule has 96 valence electrons. The molecule has 0 aromatic heterocycles. The maximum Gasteiger partial charge on any atom is 0.166 e. The van der Waals surface area contributed by atoms with Gasteiger partial charge in [-0.15, -0.1) is 0 Å². The van der Waals surface area contributed by atoms with Crippen LogP contribution >= 0.6 is 15.9 Å². The van der Waals surface area contributed by atoms with Gasteiger partial charge in [0.05, 0.1) is 12.7 Å². The van der Waals surface area contributed by atoms with Crippen molar-refractivity contribution < 1.29 is 19.0 Å². The first-order valence-corrected chi connectivity index (χ1v) is 6.16. The monoisotopic (exact) mass is 306 g/mol. The summed E-state index contributed by atoms with van der Waals surface area (Å²) < 4.78 is 24.4. The van der Waals surface area contributed by atoms with Gasteiger partial charge in [-0.25, -0.2) is 4.39 Å². The van der Waals surface area contributed by atoms with Crippen molar-refractivity contribution in [1.29, 1.82) is 0 Å². The Morgan fingerprint density at radius 3 is 2.65 bits per heavy atom. The second-order valence-electron chi connectivity index (χ2n) is 3.92. The lowest BCUT2D eigenvalue weighted by molar-refractivity contribution is -0.0127. The first-order valence-electron chi connectivity index (χ1n) is 5.36. The molecule has 1 unspecified atom stereocenters. The van der Waals surface area contributed by atoms with Crippen molar-refractivity contribution in [1.82, 2.24) is 0 Å². The average Bonchev–Trinajstić information content (AvgIpc) is 2.25. The molecule has 1 aromatic carbocycles. The summed E-state index contributed by atoms with van der Waals surface area (Å²) in [5, 5.41) is 9.52. The smallest absolute Gasteiger partial charge is 0.166 e. The van der Waals surface area contributed by atoms with Gasteiger partial charge in [-0.1, -0.05) is 15.9 Å². The molecule has 0 fully saturated rings. The zero-order chi connectivity index (χ0) is 12.8. The first-order chi connectivity index (χ1) is 7.99.